The maximum absolute atomic E-state index is 12.9. The molecule has 19 heavy (non-hydrogen) atoms. The van der Waals surface area contributed by atoms with E-state index in [-0.39, 0.29) is 22.6 Å². The van der Waals surface area contributed by atoms with Crippen LogP contribution >= 0.6 is 11.6 Å². The lowest BCUT2D eigenvalue weighted by molar-refractivity contribution is 0.459. The molecule has 2 aromatic rings. The van der Waals surface area contributed by atoms with E-state index in [1.807, 2.05) is 6.92 Å². The Hall–Kier alpha value is -1.94. The molecule has 0 saturated carbocycles. The molecule has 0 spiro atoms. The Labute approximate surface area is 115 Å². The second-order valence-corrected chi connectivity index (χ2v) is 4.64. The van der Waals surface area contributed by atoms with E-state index in [0.717, 1.165) is 6.07 Å². The molecule has 0 fully saturated rings. The van der Waals surface area contributed by atoms with Crippen LogP contribution in [0.2, 0.25) is 5.02 Å². The van der Waals surface area contributed by atoms with E-state index in [4.69, 9.17) is 11.6 Å². The largest absolute Gasteiger partial charge is 0.507 e. The van der Waals surface area contributed by atoms with Crippen LogP contribution in [0.4, 0.5) is 10.1 Å². The van der Waals surface area contributed by atoms with Gasteiger partial charge in [-0.2, -0.15) is 0 Å². The SMILES string of the molecule is CC(Nc1ccc(O)c(Cl)c1)c1ccc(F)cc1O. The minimum atomic E-state index is -0.485. The summed E-state index contributed by atoms with van der Waals surface area (Å²) in [4.78, 5) is 0. The summed E-state index contributed by atoms with van der Waals surface area (Å²) < 4.78 is 12.9. The lowest BCUT2D eigenvalue weighted by Gasteiger charge is -2.17. The fraction of sp³-hybridized carbons (Fsp3) is 0.143. The van der Waals surface area contributed by atoms with E-state index in [9.17, 15) is 14.6 Å². The van der Waals surface area contributed by atoms with E-state index in [1.165, 1.54) is 18.2 Å². The van der Waals surface area contributed by atoms with Gasteiger partial charge in [-0.1, -0.05) is 17.7 Å². The maximum atomic E-state index is 12.9. The molecular weight excluding hydrogens is 269 g/mol. The Balaban J connectivity index is 2.20. The third-order valence-electron chi connectivity index (χ3n) is 2.79. The Kier molecular flexibility index (Phi) is 3.81. The van der Waals surface area contributed by atoms with Gasteiger partial charge in [0.05, 0.1) is 11.1 Å². The average Bonchev–Trinajstić information content (AvgIpc) is 2.33. The summed E-state index contributed by atoms with van der Waals surface area (Å²) in [5.74, 6) is -0.587. The molecule has 0 radical (unpaired) electrons. The van der Waals surface area contributed by atoms with Gasteiger partial charge in [-0.25, -0.2) is 4.39 Å². The zero-order valence-corrected chi connectivity index (χ0v) is 10.9. The first-order chi connectivity index (χ1) is 8.97. The van der Waals surface area contributed by atoms with E-state index < -0.39 is 5.82 Å². The van der Waals surface area contributed by atoms with E-state index in [0.29, 0.717) is 11.3 Å². The topological polar surface area (TPSA) is 52.5 Å². The normalized spacial score (nSPS) is 12.2. The Bertz CT molecular complexity index is 604. The number of hydrogen-bond acceptors (Lipinski definition) is 3. The number of nitrogens with one attached hydrogen (secondary N) is 1. The van der Waals surface area contributed by atoms with Crippen LogP contribution in [-0.4, -0.2) is 10.2 Å². The van der Waals surface area contributed by atoms with Crippen molar-refractivity contribution in [3.8, 4) is 11.5 Å². The lowest BCUT2D eigenvalue weighted by Crippen LogP contribution is -2.06. The molecule has 3 N–H and O–H groups in total. The number of benzene rings is 2. The molecule has 3 nitrogen and oxygen atoms in total. The molecule has 0 aliphatic carbocycles. The summed E-state index contributed by atoms with van der Waals surface area (Å²) in [6.45, 7) is 1.83. The molecule has 2 rings (SSSR count). The van der Waals surface area contributed by atoms with E-state index in [1.54, 1.807) is 12.1 Å². The molecule has 5 heteroatoms. The van der Waals surface area contributed by atoms with Crippen molar-refractivity contribution in [2.75, 3.05) is 5.32 Å². The van der Waals surface area contributed by atoms with Crippen LogP contribution < -0.4 is 5.32 Å². The molecule has 2 aromatic carbocycles. The summed E-state index contributed by atoms with van der Waals surface area (Å²) in [6.07, 6.45) is 0. The molecule has 0 saturated heterocycles. The predicted molar refractivity (Wildman–Crippen MR) is 73.2 cm³/mol. The molecule has 100 valence electrons. The molecule has 1 unspecified atom stereocenters. The first kappa shape index (κ1) is 13.5. The van der Waals surface area contributed by atoms with E-state index >= 15 is 0 Å². The lowest BCUT2D eigenvalue weighted by atomic mass is 10.1. The molecule has 0 aliphatic rings. The number of aromatic hydroxyl groups is 2. The van der Waals surface area contributed by atoms with Gasteiger partial charge < -0.3 is 15.5 Å². The summed E-state index contributed by atoms with van der Waals surface area (Å²) >= 11 is 5.81. The molecule has 0 heterocycles. The summed E-state index contributed by atoms with van der Waals surface area (Å²) in [5.41, 5.74) is 1.27. The van der Waals surface area contributed by atoms with Gasteiger partial charge in [0, 0.05) is 17.3 Å². The first-order valence-electron chi connectivity index (χ1n) is 5.71. The fourth-order valence-electron chi connectivity index (χ4n) is 1.81. The summed E-state index contributed by atoms with van der Waals surface area (Å²) in [6, 6.07) is 8.36. The number of phenols is 2. The van der Waals surface area contributed by atoms with Gasteiger partial charge in [0.25, 0.3) is 0 Å². The Morgan fingerprint density at radius 1 is 1.11 bits per heavy atom. The monoisotopic (exact) mass is 281 g/mol. The van der Waals surface area contributed by atoms with Crippen molar-refractivity contribution in [1.82, 2.24) is 0 Å². The highest BCUT2D eigenvalue weighted by Gasteiger charge is 2.11. The van der Waals surface area contributed by atoms with Gasteiger partial charge in [-0.15, -0.1) is 0 Å². The summed E-state index contributed by atoms with van der Waals surface area (Å²) in [7, 11) is 0. The average molecular weight is 282 g/mol. The highest BCUT2D eigenvalue weighted by molar-refractivity contribution is 6.32. The second kappa shape index (κ2) is 5.36. The van der Waals surface area contributed by atoms with Crippen LogP contribution in [0.25, 0.3) is 0 Å². The van der Waals surface area contributed by atoms with Gasteiger partial charge in [0.15, 0.2) is 0 Å². The van der Waals surface area contributed by atoms with Crippen LogP contribution in [0.3, 0.4) is 0 Å². The number of phenolic OH excluding ortho intramolecular Hbond substituents is 2. The van der Waals surface area contributed by atoms with Crippen LogP contribution in [0.5, 0.6) is 11.5 Å². The van der Waals surface area contributed by atoms with Crippen molar-refractivity contribution < 1.29 is 14.6 Å². The van der Waals surface area contributed by atoms with Gasteiger partial charge in [0.2, 0.25) is 0 Å². The van der Waals surface area contributed by atoms with Crippen LogP contribution in [0, 0.1) is 5.82 Å². The minimum absolute atomic E-state index is 0.00417. The molecular formula is C14H13ClFNO2. The smallest absolute Gasteiger partial charge is 0.134 e. The standard InChI is InChI=1S/C14H13ClFNO2/c1-8(11-4-2-9(16)6-14(11)19)17-10-3-5-13(18)12(15)7-10/h2-8,17-19H,1H3. The van der Waals surface area contributed by atoms with Crippen molar-refractivity contribution >= 4 is 17.3 Å². The van der Waals surface area contributed by atoms with Crippen molar-refractivity contribution in [2.24, 2.45) is 0 Å². The zero-order chi connectivity index (χ0) is 14.0. The Morgan fingerprint density at radius 3 is 2.47 bits per heavy atom. The zero-order valence-electron chi connectivity index (χ0n) is 10.2. The van der Waals surface area contributed by atoms with Crippen LogP contribution in [0.15, 0.2) is 36.4 Å². The first-order valence-corrected chi connectivity index (χ1v) is 6.08. The Morgan fingerprint density at radius 2 is 1.84 bits per heavy atom. The number of anilines is 1. The fourth-order valence-corrected chi connectivity index (χ4v) is 1.99. The van der Waals surface area contributed by atoms with Crippen LogP contribution in [-0.2, 0) is 0 Å². The minimum Gasteiger partial charge on any atom is -0.507 e. The molecule has 0 amide bonds. The second-order valence-electron chi connectivity index (χ2n) is 4.24. The maximum Gasteiger partial charge on any atom is 0.134 e. The van der Waals surface area contributed by atoms with Gasteiger partial charge in [0.1, 0.15) is 17.3 Å². The highest BCUT2D eigenvalue weighted by atomic mass is 35.5. The van der Waals surface area contributed by atoms with Crippen molar-refractivity contribution in [1.29, 1.82) is 0 Å². The van der Waals surface area contributed by atoms with Crippen molar-refractivity contribution in [2.45, 2.75) is 13.0 Å². The third kappa shape index (κ3) is 3.09. The molecule has 0 aromatic heterocycles. The van der Waals surface area contributed by atoms with Crippen molar-refractivity contribution in [3.05, 3.63) is 52.8 Å². The van der Waals surface area contributed by atoms with E-state index in [2.05, 4.69) is 5.32 Å². The van der Waals surface area contributed by atoms with Crippen LogP contribution in [0.1, 0.15) is 18.5 Å². The molecule has 0 bridgehead atoms. The van der Waals surface area contributed by atoms with Crippen molar-refractivity contribution in [3.63, 3.8) is 0 Å². The number of rotatable bonds is 3. The predicted octanol–water partition coefficient (Wildman–Crippen LogP) is 4.06. The highest BCUT2D eigenvalue weighted by Crippen LogP contribution is 2.30. The number of halogens is 2. The number of hydrogen-bond donors (Lipinski definition) is 3. The molecule has 0 aliphatic heterocycles. The third-order valence-corrected chi connectivity index (χ3v) is 3.09. The molecule has 1 atom stereocenters. The van der Waals surface area contributed by atoms with Gasteiger partial charge in [-0.05, 0) is 31.2 Å². The quantitative estimate of drug-likeness (QED) is 0.744. The van der Waals surface area contributed by atoms with Gasteiger partial charge >= 0.3 is 0 Å². The summed E-state index contributed by atoms with van der Waals surface area (Å²) in [5, 5.41) is 22.4. The van der Waals surface area contributed by atoms with Gasteiger partial charge in [-0.3, -0.25) is 0 Å².